The summed E-state index contributed by atoms with van der Waals surface area (Å²) in [6.07, 6.45) is 9.19. The Morgan fingerprint density at radius 2 is 1.58 bits per heavy atom. The van der Waals surface area contributed by atoms with Gasteiger partial charge in [0.15, 0.2) is 0 Å². The van der Waals surface area contributed by atoms with Gasteiger partial charge in [-0.25, -0.2) is 0 Å². The van der Waals surface area contributed by atoms with Gasteiger partial charge in [0.1, 0.15) is 13.2 Å². The van der Waals surface area contributed by atoms with Crippen molar-refractivity contribution in [2.75, 3.05) is 40.9 Å². The number of phosphoric acid groups is 1. The van der Waals surface area contributed by atoms with Crippen molar-refractivity contribution in [3.8, 4) is 0 Å². The topological polar surface area (TPSA) is 108 Å². The molecule has 0 saturated heterocycles. The Morgan fingerprint density at radius 1 is 1.00 bits per heavy atom. The number of nitrogens with zero attached hydrogens (tertiary/aromatic N) is 1. The van der Waals surface area contributed by atoms with Crippen LogP contribution in [0.2, 0.25) is 0 Å². The van der Waals surface area contributed by atoms with E-state index in [-0.39, 0.29) is 19.1 Å². The van der Waals surface area contributed by atoms with Gasteiger partial charge in [-0.05, 0) is 12.8 Å². The monoisotopic (exact) mass is 466 g/mol. The van der Waals surface area contributed by atoms with Crippen LogP contribution in [-0.4, -0.2) is 68.5 Å². The molecule has 9 heteroatoms. The maximum absolute atomic E-state index is 12.2. The minimum absolute atomic E-state index is 0.0125. The number of hydrogen-bond donors (Lipinski definition) is 2. The lowest BCUT2D eigenvalue weighted by atomic mass is 10.0. The van der Waals surface area contributed by atoms with Gasteiger partial charge < -0.3 is 28.8 Å². The SMILES string of the molecule is CCCCCCCCC(O)C(COP(=O)([O-])OCC[N+](C)(C)C)NC(=O)CCCCC. The van der Waals surface area contributed by atoms with E-state index in [2.05, 4.69) is 19.2 Å². The molecule has 0 aliphatic carbocycles. The number of carbonyl (C=O) groups excluding carboxylic acids is 1. The molecule has 0 aromatic rings. The molecule has 31 heavy (non-hydrogen) atoms. The van der Waals surface area contributed by atoms with Crippen LogP contribution in [0.3, 0.4) is 0 Å². The Hall–Kier alpha value is -0.500. The van der Waals surface area contributed by atoms with Gasteiger partial charge in [-0.2, -0.15) is 0 Å². The summed E-state index contributed by atoms with van der Waals surface area (Å²) in [5.74, 6) is -0.198. The Bertz CT molecular complexity index is 513. The van der Waals surface area contributed by atoms with Gasteiger partial charge in [-0.3, -0.25) is 9.36 Å². The molecule has 0 fully saturated rings. The second-order valence-corrected chi connectivity index (χ2v) is 10.8. The fourth-order valence-electron chi connectivity index (χ4n) is 3.03. The van der Waals surface area contributed by atoms with Crippen molar-refractivity contribution in [2.45, 2.75) is 96.6 Å². The Kier molecular flexibility index (Phi) is 16.8. The molecule has 0 aliphatic rings. The van der Waals surface area contributed by atoms with Gasteiger partial charge in [0.25, 0.3) is 7.82 Å². The van der Waals surface area contributed by atoms with Crippen molar-refractivity contribution < 1.29 is 32.9 Å². The first kappa shape index (κ1) is 30.5. The molecule has 186 valence electrons. The molecule has 0 aliphatic heterocycles. The van der Waals surface area contributed by atoms with Crippen LogP contribution in [0.4, 0.5) is 0 Å². The second kappa shape index (κ2) is 17.0. The highest BCUT2D eigenvalue weighted by Crippen LogP contribution is 2.38. The zero-order valence-corrected chi connectivity index (χ0v) is 21.3. The van der Waals surface area contributed by atoms with Crippen LogP contribution in [0, 0.1) is 0 Å². The average Bonchev–Trinajstić information content (AvgIpc) is 2.66. The maximum Gasteiger partial charge on any atom is 0.268 e. The summed E-state index contributed by atoms with van der Waals surface area (Å²) in [6.45, 7) is 4.41. The minimum atomic E-state index is -4.51. The Labute approximate surface area is 189 Å². The summed E-state index contributed by atoms with van der Waals surface area (Å²) in [6, 6.07) is -0.783. The van der Waals surface area contributed by atoms with Crippen LogP contribution in [0.15, 0.2) is 0 Å². The normalized spacial score (nSPS) is 16.0. The van der Waals surface area contributed by atoms with E-state index in [0.29, 0.717) is 23.9 Å². The van der Waals surface area contributed by atoms with Crippen molar-refractivity contribution in [3.05, 3.63) is 0 Å². The lowest BCUT2D eigenvalue weighted by molar-refractivity contribution is -0.870. The molecule has 0 radical (unpaired) electrons. The molecule has 0 spiro atoms. The number of nitrogens with one attached hydrogen (secondary N) is 1. The third-order valence-electron chi connectivity index (χ3n) is 5.10. The Balaban J connectivity index is 4.66. The summed E-state index contributed by atoms with van der Waals surface area (Å²) < 4.78 is 22.6. The molecule has 0 aromatic heterocycles. The first-order valence-electron chi connectivity index (χ1n) is 11.9. The summed E-state index contributed by atoms with van der Waals surface area (Å²) >= 11 is 0. The predicted octanol–water partition coefficient (Wildman–Crippen LogP) is 3.37. The fraction of sp³-hybridized carbons (Fsp3) is 0.955. The van der Waals surface area contributed by atoms with Crippen LogP contribution < -0.4 is 10.2 Å². The quantitative estimate of drug-likeness (QED) is 0.162. The van der Waals surface area contributed by atoms with Crippen molar-refractivity contribution in [1.29, 1.82) is 0 Å². The van der Waals surface area contributed by atoms with Gasteiger partial charge in [-0.1, -0.05) is 65.2 Å². The maximum atomic E-state index is 12.2. The number of quaternary nitrogens is 1. The molecule has 0 aromatic carbocycles. The van der Waals surface area contributed by atoms with Gasteiger partial charge in [-0.15, -0.1) is 0 Å². The van der Waals surface area contributed by atoms with Crippen molar-refractivity contribution in [3.63, 3.8) is 0 Å². The molecule has 3 unspecified atom stereocenters. The van der Waals surface area contributed by atoms with E-state index >= 15 is 0 Å². The van der Waals surface area contributed by atoms with E-state index in [1.165, 1.54) is 19.3 Å². The minimum Gasteiger partial charge on any atom is -0.756 e. The number of aliphatic hydroxyl groups excluding tert-OH is 1. The molecule has 2 N–H and O–H groups in total. The van der Waals surface area contributed by atoms with Gasteiger partial charge >= 0.3 is 0 Å². The van der Waals surface area contributed by atoms with Crippen LogP contribution in [0.25, 0.3) is 0 Å². The average molecular weight is 467 g/mol. The van der Waals surface area contributed by atoms with E-state index in [9.17, 15) is 19.4 Å². The summed E-state index contributed by atoms with van der Waals surface area (Å²) in [4.78, 5) is 24.3. The zero-order valence-electron chi connectivity index (χ0n) is 20.4. The van der Waals surface area contributed by atoms with Crippen LogP contribution >= 0.6 is 7.82 Å². The van der Waals surface area contributed by atoms with Gasteiger partial charge in [0.05, 0.1) is 39.9 Å². The Morgan fingerprint density at radius 3 is 2.19 bits per heavy atom. The van der Waals surface area contributed by atoms with E-state index < -0.39 is 20.0 Å². The lowest BCUT2D eigenvalue weighted by Gasteiger charge is -2.30. The zero-order chi connectivity index (χ0) is 23.8. The van der Waals surface area contributed by atoms with Crippen molar-refractivity contribution in [1.82, 2.24) is 5.32 Å². The predicted molar refractivity (Wildman–Crippen MR) is 122 cm³/mol. The molecule has 0 saturated carbocycles. The highest BCUT2D eigenvalue weighted by Gasteiger charge is 2.24. The number of rotatable bonds is 20. The van der Waals surface area contributed by atoms with Crippen LogP contribution in [0.1, 0.15) is 84.5 Å². The largest absolute Gasteiger partial charge is 0.756 e. The van der Waals surface area contributed by atoms with Crippen molar-refractivity contribution >= 4 is 13.7 Å². The second-order valence-electron chi connectivity index (χ2n) is 9.35. The molecule has 3 atom stereocenters. The van der Waals surface area contributed by atoms with Gasteiger partial charge in [0, 0.05) is 6.42 Å². The first-order chi connectivity index (χ1) is 14.5. The molecule has 8 nitrogen and oxygen atoms in total. The number of hydrogen-bond acceptors (Lipinski definition) is 6. The third kappa shape index (κ3) is 18.7. The smallest absolute Gasteiger partial charge is 0.268 e. The van der Waals surface area contributed by atoms with Crippen LogP contribution in [0.5, 0.6) is 0 Å². The molecule has 0 rings (SSSR count). The van der Waals surface area contributed by atoms with Gasteiger partial charge in [0.2, 0.25) is 5.91 Å². The highest BCUT2D eigenvalue weighted by molar-refractivity contribution is 7.45. The lowest BCUT2D eigenvalue weighted by Crippen LogP contribution is -2.46. The van der Waals surface area contributed by atoms with E-state index in [4.69, 9.17) is 9.05 Å². The summed E-state index contributed by atoms with van der Waals surface area (Å²) in [5, 5.41) is 13.3. The van der Waals surface area contributed by atoms with E-state index in [1.807, 2.05) is 21.1 Å². The molecule has 1 amide bonds. The summed E-state index contributed by atoms with van der Waals surface area (Å²) in [7, 11) is 1.29. The number of phosphoric ester groups is 1. The molecular formula is C22H47N2O6P. The van der Waals surface area contributed by atoms with Crippen molar-refractivity contribution in [2.24, 2.45) is 0 Å². The van der Waals surface area contributed by atoms with E-state index in [1.54, 1.807) is 0 Å². The first-order valence-corrected chi connectivity index (χ1v) is 13.3. The number of unbranched alkanes of at least 4 members (excludes halogenated alkanes) is 7. The summed E-state index contributed by atoms with van der Waals surface area (Å²) in [5.41, 5.74) is 0. The number of amides is 1. The third-order valence-corrected chi connectivity index (χ3v) is 6.06. The number of carbonyl (C=O) groups is 1. The fourth-order valence-corrected chi connectivity index (χ4v) is 3.76. The van der Waals surface area contributed by atoms with E-state index in [0.717, 1.165) is 38.5 Å². The molecular weight excluding hydrogens is 419 g/mol. The van der Waals surface area contributed by atoms with Crippen LogP contribution in [-0.2, 0) is 18.4 Å². The molecule has 0 heterocycles. The highest BCUT2D eigenvalue weighted by atomic mass is 31.2. The standard InChI is InChI=1S/C22H47N2O6P/c1-6-8-10-11-12-14-15-21(25)20(23-22(26)16-13-9-7-2)19-30-31(27,28)29-18-17-24(3,4)5/h20-21,25H,6-19H2,1-5H3,(H-,23,26,27,28). The molecule has 0 bridgehead atoms. The number of aliphatic hydroxyl groups is 1. The number of likely N-dealkylation sites (N-methyl/N-ethyl adjacent to an activating group) is 1.